The van der Waals surface area contributed by atoms with Crippen LogP contribution in [0.15, 0.2) is 47.4 Å². The summed E-state index contributed by atoms with van der Waals surface area (Å²) in [5.41, 5.74) is 3.88. The number of hydrogen-bond donors (Lipinski definition) is 0. The van der Waals surface area contributed by atoms with Crippen LogP contribution < -0.4 is 5.56 Å². The van der Waals surface area contributed by atoms with E-state index in [9.17, 15) is 4.79 Å². The van der Waals surface area contributed by atoms with Crippen LogP contribution in [0.5, 0.6) is 0 Å². The van der Waals surface area contributed by atoms with E-state index in [0.29, 0.717) is 12.5 Å². The first-order valence-electron chi connectivity index (χ1n) is 8.09. The van der Waals surface area contributed by atoms with Crippen molar-refractivity contribution < 1.29 is 0 Å². The van der Waals surface area contributed by atoms with Crippen LogP contribution in [-0.2, 0) is 13.0 Å². The van der Waals surface area contributed by atoms with Gasteiger partial charge in [-0.25, -0.2) is 0 Å². The van der Waals surface area contributed by atoms with Gasteiger partial charge in [0.05, 0.1) is 6.54 Å². The fourth-order valence-corrected chi connectivity index (χ4v) is 4.26. The lowest BCUT2D eigenvalue weighted by atomic mass is 9.78. The number of pyridine rings is 1. The number of aromatic nitrogens is 1. The minimum atomic E-state index is 0.238. The number of rotatable bonds is 2. The molecule has 2 aromatic rings. The maximum absolute atomic E-state index is 12.8. The van der Waals surface area contributed by atoms with Crippen LogP contribution in [0.2, 0.25) is 0 Å². The van der Waals surface area contributed by atoms with E-state index in [4.69, 9.17) is 0 Å². The summed E-state index contributed by atoms with van der Waals surface area (Å²) in [4.78, 5) is 12.8. The van der Waals surface area contributed by atoms with E-state index in [1.807, 2.05) is 29.0 Å². The highest BCUT2D eigenvalue weighted by atomic mass is 16.1. The second-order valence-electron chi connectivity index (χ2n) is 6.50. The zero-order chi connectivity index (χ0) is 14.2. The number of hydrogen-bond acceptors (Lipinski definition) is 1. The second-order valence-corrected chi connectivity index (χ2v) is 6.50. The Hall–Kier alpha value is -1.83. The van der Waals surface area contributed by atoms with Crippen molar-refractivity contribution in [2.75, 3.05) is 0 Å². The highest BCUT2D eigenvalue weighted by Crippen LogP contribution is 2.45. The first-order valence-corrected chi connectivity index (χ1v) is 8.09. The van der Waals surface area contributed by atoms with Gasteiger partial charge in [0.25, 0.3) is 5.56 Å². The van der Waals surface area contributed by atoms with Crippen molar-refractivity contribution in [2.45, 2.75) is 44.6 Å². The van der Waals surface area contributed by atoms with Gasteiger partial charge in [-0.15, -0.1) is 0 Å². The molecule has 0 amide bonds. The molecule has 2 nitrogen and oxygen atoms in total. The molecule has 1 aromatic heterocycles. The van der Waals surface area contributed by atoms with Crippen LogP contribution in [0.1, 0.15) is 48.3 Å². The van der Waals surface area contributed by atoms with Gasteiger partial charge in [-0.05, 0) is 54.7 Å². The molecule has 0 N–H and O–H groups in total. The predicted octanol–water partition coefficient (Wildman–Crippen LogP) is 3.73. The van der Waals surface area contributed by atoms with E-state index < -0.39 is 0 Å². The Morgan fingerprint density at radius 3 is 2.76 bits per heavy atom. The molecule has 1 aromatic carbocycles. The smallest absolute Gasteiger partial charge is 0.254 e. The van der Waals surface area contributed by atoms with E-state index in [2.05, 4.69) is 18.2 Å². The Bertz CT molecular complexity index is 701. The second kappa shape index (κ2) is 5.18. The average molecular weight is 279 g/mol. The Balaban J connectivity index is 1.71. The van der Waals surface area contributed by atoms with Gasteiger partial charge in [-0.1, -0.05) is 36.8 Å². The molecule has 4 rings (SSSR count). The summed E-state index contributed by atoms with van der Waals surface area (Å²) in [6, 6.07) is 12.5. The molecule has 2 aliphatic carbocycles. The summed E-state index contributed by atoms with van der Waals surface area (Å²) in [7, 11) is 0. The Morgan fingerprint density at radius 2 is 1.90 bits per heavy atom. The van der Waals surface area contributed by atoms with Crippen molar-refractivity contribution in [3.8, 4) is 0 Å². The molecule has 108 valence electrons. The largest absolute Gasteiger partial charge is 0.311 e. The molecule has 21 heavy (non-hydrogen) atoms. The van der Waals surface area contributed by atoms with E-state index in [1.54, 1.807) is 0 Å². The molecule has 1 heterocycles. The molecule has 0 bridgehead atoms. The maximum atomic E-state index is 12.8. The van der Waals surface area contributed by atoms with E-state index in [-0.39, 0.29) is 5.56 Å². The van der Waals surface area contributed by atoms with Crippen LogP contribution >= 0.6 is 0 Å². The third kappa shape index (κ3) is 2.23. The summed E-state index contributed by atoms with van der Waals surface area (Å²) >= 11 is 0. The van der Waals surface area contributed by atoms with Gasteiger partial charge in [0.1, 0.15) is 0 Å². The quantitative estimate of drug-likeness (QED) is 0.821. The topological polar surface area (TPSA) is 22.0 Å². The van der Waals surface area contributed by atoms with Crippen molar-refractivity contribution in [3.63, 3.8) is 0 Å². The van der Waals surface area contributed by atoms with Gasteiger partial charge in [0.15, 0.2) is 0 Å². The molecular weight excluding hydrogens is 258 g/mol. The third-order valence-corrected chi connectivity index (χ3v) is 5.32. The van der Waals surface area contributed by atoms with E-state index in [0.717, 1.165) is 17.9 Å². The summed E-state index contributed by atoms with van der Waals surface area (Å²) < 4.78 is 1.88. The van der Waals surface area contributed by atoms with Gasteiger partial charge in [0, 0.05) is 11.8 Å². The van der Waals surface area contributed by atoms with Crippen molar-refractivity contribution in [3.05, 3.63) is 69.6 Å². The van der Waals surface area contributed by atoms with Crippen LogP contribution in [-0.4, -0.2) is 4.57 Å². The van der Waals surface area contributed by atoms with Gasteiger partial charge in [-0.3, -0.25) is 4.79 Å². The minimum absolute atomic E-state index is 0.238. The van der Waals surface area contributed by atoms with Gasteiger partial charge in [0.2, 0.25) is 0 Å². The third-order valence-electron chi connectivity index (χ3n) is 5.32. The molecule has 0 spiro atoms. The molecule has 1 fully saturated rings. The van der Waals surface area contributed by atoms with Crippen molar-refractivity contribution in [1.29, 1.82) is 0 Å². The fourth-order valence-electron chi connectivity index (χ4n) is 4.26. The highest BCUT2D eigenvalue weighted by molar-refractivity contribution is 5.32. The van der Waals surface area contributed by atoms with Crippen LogP contribution in [0.25, 0.3) is 0 Å². The molecule has 2 heteroatoms. The standard InChI is InChI=1S/C19H21NO/c21-19-18-10-9-15-7-4-8-16(15)17(18)11-12-20(19)13-14-5-2-1-3-6-14/h1-3,5-6,11-12,15-16H,4,7-10,13H2/t15-,16+/m0/s1. The average Bonchev–Trinajstić information content (AvgIpc) is 3.00. The Kier molecular flexibility index (Phi) is 3.17. The predicted molar refractivity (Wildman–Crippen MR) is 84.6 cm³/mol. The summed E-state index contributed by atoms with van der Waals surface area (Å²) in [6.45, 7) is 0.682. The van der Waals surface area contributed by atoms with Crippen molar-refractivity contribution >= 4 is 0 Å². The lowest BCUT2D eigenvalue weighted by molar-refractivity contribution is 0.418. The van der Waals surface area contributed by atoms with Gasteiger partial charge in [-0.2, -0.15) is 0 Å². The zero-order valence-corrected chi connectivity index (χ0v) is 12.3. The van der Waals surface area contributed by atoms with Crippen molar-refractivity contribution in [2.24, 2.45) is 5.92 Å². The normalized spacial score (nSPS) is 23.6. The maximum Gasteiger partial charge on any atom is 0.254 e. The molecule has 0 unspecified atom stereocenters. The summed E-state index contributed by atoms with van der Waals surface area (Å²) in [6.07, 6.45) is 8.17. The highest BCUT2D eigenvalue weighted by Gasteiger charge is 2.34. The SMILES string of the molecule is O=c1c2c(ccn1Cc1ccccc1)[C@@H]1CCC[C@H]1CC2. The van der Waals surface area contributed by atoms with Crippen molar-refractivity contribution in [1.82, 2.24) is 4.57 Å². The van der Waals surface area contributed by atoms with Crippen LogP contribution in [0.4, 0.5) is 0 Å². The Labute approximate surface area is 125 Å². The molecule has 2 aliphatic rings. The molecule has 0 radical (unpaired) electrons. The lowest BCUT2D eigenvalue weighted by Gasteiger charge is -2.28. The number of benzene rings is 1. The number of fused-ring (bicyclic) bond motifs is 3. The van der Waals surface area contributed by atoms with E-state index in [1.165, 1.54) is 36.8 Å². The molecular formula is C19H21NO. The summed E-state index contributed by atoms with van der Waals surface area (Å²) in [5, 5.41) is 0. The summed E-state index contributed by atoms with van der Waals surface area (Å²) in [5.74, 6) is 1.50. The lowest BCUT2D eigenvalue weighted by Crippen LogP contribution is -2.29. The fraction of sp³-hybridized carbons (Fsp3) is 0.421. The molecule has 2 atom stereocenters. The molecule has 0 saturated heterocycles. The monoisotopic (exact) mass is 279 g/mol. The first kappa shape index (κ1) is 12.9. The van der Waals surface area contributed by atoms with Gasteiger partial charge >= 0.3 is 0 Å². The Morgan fingerprint density at radius 1 is 1.05 bits per heavy atom. The van der Waals surface area contributed by atoms with Crippen LogP contribution in [0.3, 0.4) is 0 Å². The minimum Gasteiger partial charge on any atom is -0.311 e. The zero-order valence-electron chi connectivity index (χ0n) is 12.3. The molecule has 0 aliphatic heterocycles. The first-order chi connectivity index (χ1) is 10.3. The van der Waals surface area contributed by atoms with Crippen LogP contribution in [0, 0.1) is 5.92 Å². The number of nitrogens with zero attached hydrogens (tertiary/aromatic N) is 1. The van der Waals surface area contributed by atoms with Gasteiger partial charge < -0.3 is 4.57 Å². The van der Waals surface area contributed by atoms with E-state index >= 15 is 0 Å². The molecule has 1 saturated carbocycles.